The van der Waals surface area contributed by atoms with E-state index in [-0.39, 0.29) is 39.9 Å². The molecule has 16 unspecified atom stereocenters. The quantitative estimate of drug-likeness (QED) is 0.0365. The van der Waals surface area contributed by atoms with Gasteiger partial charge in [0.1, 0.15) is 115 Å². The fourth-order valence-electron chi connectivity index (χ4n) is 8.31. The third-order valence-corrected chi connectivity index (χ3v) is 12.5. The molecule has 3 fully saturated rings. The number of carbonyl (C=O) groups is 2. The van der Waals surface area contributed by atoms with E-state index >= 15 is 0 Å². The van der Waals surface area contributed by atoms with Gasteiger partial charge in [0.25, 0.3) is 0 Å². The van der Waals surface area contributed by atoms with Gasteiger partial charge in [-0.3, -0.25) is 0 Å². The topological polar surface area (TPSA) is 400 Å². The number of rotatable bonds is 16. The van der Waals surface area contributed by atoms with Gasteiger partial charge in [0.15, 0.2) is 30.0 Å². The van der Waals surface area contributed by atoms with E-state index in [0.29, 0.717) is 11.1 Å². The summed E-state index contributed by atoms with van der Waals surface area (Å²) in [4.78, 5) is 25.6. The third-order valence-electron chi connectivity index (χ3n) is 12.5. The molecular formula is C51H54O25. The monoisotopic (exact) mass is 1070 g/mol. The van der Waals surface area contributed by atoms with Gasteiger partial charge in [-0.15, -0.1) is 0 Å². The first-order valence-corrected chi connectivity index (χ1v) is 23.3. The molecule has 25 heteroatoms. The Kier molecular flexibility index (Phi) is 17.3. The van der Waals surface area contributed by atoms with Crippen LogP contribution in [-0.4, -0.2) is 195 Å². The van der Waals surface area contributed by atoms with Crippen LogP contribution in [0.3, 0.4) is 0 Å². The van der Waals surface area contributed by atoms with E-state index in [0.717, 1.165) is 36.4 Å². The minimum absolute atomic E-state index is 0.0124. The zero-order valence-corrected chi connectivity index (χ0v) is 39.5. The second kappa shape index (κ2) is 23.9. The molecule has 0 radical (unpaired) electrons. The Morgan fingerprint density at radius 1 is 0.526 bits per heavy atom. The number of hydrogen-bond donors (Lipinski definition) is 14. The number of phenols is 5. The summed E-state index contributed by atoms with van der Waals surface area (Å²) in [6.45, 7) is -2.32. The number of fused-ring (bicyclic) bond motifs is 1. The summed E-state index contributed by atoms with van der Waals surface area (Å²) in [5, 5.41) is 149. The molecule has 76 heavy (non-hydrogen) atoms. The number of hydrogen-bond acceptors (Lipinski definition) is 25. The molecular weight excluding hydrogens is 1010 g/mol. The van der Waals surface area contributed by atoms with Crippen molar-refractivity contribution in [2.75, 3.05) is 19.8 Å². The molecule has 0 aromatic heterocycles. The van der Waals surface area contributed by atoms with Crippen LogP contribution >= 0.6 is 0 Å². The second-order valence-electron chi connectivity index (χ2n) is 17.8. The Morgan fingerprint density at radius 2 is 1.05 bits per heavy atom. The van der Waals surface area contributed by atoms with Gasteiger partial charge in [0.05, 0.1) is 12.2 Å². The van der Waals surface area contributed by atoms with Gasteiger partial charge in [0, 0.05) is 29.8 Å². The molecule has 0 bridgehead atoms. The van der Waals surface area contributed by atoms with E-state index < -0.39 is 147 Å². The van der Waals surface area contributed by atoms with Gasteiger partial charge >= 0.3 is 11.9 Å². The number of ether oxygens (including phenoxy) is 9. The fourth-order valence-corrected chi connectivity index (χ4v) is 8.31. The Morgan fingerprint density at radius 3 is 1.62 bits per heavy atom. The highest BCUT2D eigenvalue weighted by Crippen LogP contribution is 2.47. The molecule has 0 saturated carbocycles. The summed E-state index contributed by atoms with van der Waals surface area (Å²) in [5.74, 6) is -4.45. The zero-order valence-electron chi connectivity index (χ0n) is 39.5. The van der Waals surface area contributed by atoms with Crippen LogP contribution in [0.5, 0.6) is 40.2 Å². The van der Waals surface area contributed by atoms with Crippen LogP contribution in [0.4, 0.5) is 0 Å². The minimum atomic E-state index is -2.13. The van der Waals surface area contributed by atoms with Gasteiger partial charge in [-0.05, 0) is 65.8 Å². The SMILES string of the molecule is O=C(C=Cc1ccc(O)cc1)OCC1OC(OC2C(OC3=Cc4c(cc(O)cc4OC4OC(CO)C(O)C(O)C4O)OC3c3ccc(O)c(O)c3)OC(COC(=O)C=Cc3ccc(O)cc3)C(O)C2O)C(O)C(O)C1O. The van der Waals surface area contributed by atoms with Crippen LogP contribution in [-0.2, 0) is 42.7 Å². The first-order chi connectivity index (χ1) is 36.3. The van der Waals surface area contributed by atoms with Crippen LogP contribution < -0.4 is 9.47 Å². The molecule has 25 nitrogen and oxygen atoms in total. The van der Waals surface area contributed by atoms with Gasteiger partial charge < -0.3 is 114 Å². The molecule has 0 spiro atoms. The third kappa shape index (κ3) is 12.6. The van der Waals surface area contributed by atoms with Crippen LogP contribution in [0.2, 0.25) is 0 Å². The van der Waals surface area contributed by atoms with Gasteiger partial charge in [0.2, 0.25) is 12.6 Å². The Bertz CT molecular complexity index is 2750. The van der Waals surface area contributed by atoms with E-state index in [1.54, 1.807) is 0 Å². The van der Waals surface area contributed by atoms with Gasteiger partial charge in [-0.2, -0.15) is 0 Å². The molecule has 4 aromatic carbocycles. The summed E-state index contributed by atoms with van der Waals surface area (Å²) >= 11 is 0. The highest BCUT2D eigenvalue weighted by atomic mass is 16.8. The lowest BCUT2D eigenvalue weighted by Crippen LogP contribution is -2.64. The van der Waals surface area contributed by atoms with Gasteiger partial charge in [-0.25, -0.2) is 9.59 Å². The van der Waals surface area contributed by atoms with Crippen molar-refractivity contribution in [3.63, 3.8) is 0 Å². The molecule has 408 valence electrons. The number of carbonyl (C=O) groups excluding carboxylic acids is 2. The molecule has 14 N–H and O–H groups in total. The molecule has 4 aliphatic heterocycles. The molecule has 8 rings (SSSR count). The molecule has 4 aromatic rings. The van der Waals surface area contributed by atoms with Crippen LogP contribution in [0, 0.1) is 0 Å². The largest absolute Gasteiger partial charge is 0.508 e. The summed E-state index contributed by atoms with van der Waals surface area (Å²) in [6.07, 6.45) is -23.9. The van der Waals surface area contributed by atoms with E-state index in [1.807, 2.05) is 0 Å². The van der Waals surface area contributed by atoms with Crippen molar-refractivity contribution in [3.8, 4) is 40.2 Å². The Hall–Kier alpha value is -7.08. The summed E-state index contributed by atoms with van der Waals surface area (Å²) in [7, 11) is 0. The van der Waals surface area contributed by atoms with Crippen molar-refractivity contribution in [3.05, 3.63) is 119 Å². The number of aliphatic hydroxyl groups excluding tert-OH is 9. The summed E-state index contributed by atoms with van der Waals surface area (Å²) in [5.41, 5.74) is 0.963. The lowest BCUT2D eigenvalue weighted by Gasteiger charge is -2.46. The first kappa shape index (κ1) is 55.2. The molecule has 3 saturated heterocycles. The van der Waals surface area contributed by atoms with Crippen molar-refractivity contribution >= 4 is 30.2 Å². The highest BCUT2D eigenvalue weighted by molar-refractivity contribution is 5.87. The average molecular weight is 1070 g/mol. The van der Waals surface area contributed by atoms with E-state index in [9.17, 15) is 81.1 Å². The predicted molar refractivity (Wildman–Crippen MR) is 253 cm³/mol. The number of esters is 2. The second-order valence-corrected chi connectivity index (χ2v) is 17.8. The predicted octanol–water partition coefficient (Wildman–Crippen LogP) is -0.963. The lowest BCUT2D eigenvalue weighted by molar-refractivity contribution is -0.364. The number of phenolic OH excluding ortho intramolecular Hbond substituents is 5. The molecule has 0 aliphatic carbocycles. The number of aliphatic hydroxyl groups is 9. The Balaban J connectivity index is 1.11. The average Bonchev–Trinajstić information content (AvgIpc) is 3.40. The van der Waals surface area contributed by atoms with E-state index in [1.165, 1.54) is 72.8 Å². The Labute approximate surface area is 430 Å². The van der Waals surface area contributed by atoms with Crippen molar-refractivity contribution in [2.45, 2.75) is 98.2 Å². The van der Waals surface area contributed by atoms with Gasteiger partial charge in [-0.1, -0.05) is 30.3 Å². The van der Waals surface area contributed by atoms with Crippen molar-refractivity contribution < 1.29 is 124 Å². The van der Waals surface area contributed by atoms with E-state index in [4.69, 9.17) is 42.6 Å². The first-order valence-electron chi connectivity index (χ1n) is 23.3. The number of benzene rings is 4. The normalized spacial score (nSPS) is 31.5. The number of aromatic hydroxyl groups is 5. The fraction of sp³-hybridized carbons (Fsp3) is 0.373. The molecule has 0 amide bonds. The van der Waals surface area contributed by atoms with Crippen molar-refractivity contribution in [1.82, 2.24) is 0 Å². The lowest BCUT2D eigenvalue weighted by atomic mass is 9.97. The van der Waals surface area contributed by atoms with Crippen molar-refractivity contribution in [2.24, 2.45) is 0 Å². The maximum Gasteiger partial charge on any atom is 0.330 e. The van der Waals surface area contributed by atoms with Crippen molar-refractivity contribution in [1.29, 1.82) is 0 Å². The van der Waals surface area contributed by atoms with Crippen LogP contribution in [0.25, 0.3) is 18.2 Å². The minimum Gasteiger partial charge on any atom is -0.508 e. The van der Waals surface area contributed by atoms with Crippen LogP contribution in [0.15, 0.2) is 96.8 Å². The summed E-state index contributed by atoms with van der Waals surface area (Å²) in [6, 6.07) is 17.2. The molecule has 4 aliphatic rings. The maximum atomic E-state index is 12.9. The standard InChI is InChI=1S/C51H54O25/c52-19-34-39(60)42(63)45(66)49(73-34)71-32-17-27(55)16-31-28(32)18-33(47(70-31)24-7-12-29(56)30(57)15-24)72-51-48(44(65)41(62)36(75-51)21-69-38(59)14-6-23-3-10-26(54)11-4-23)76-50-46(67)43(64)40(61)35(74-50)20-68-37(58)13-5-22-1-8-25(53)9-2-22/h1-18,34-36,39-57,60-67H,19-21H2. The smallest absolute Gasteiger partial charge is 0.330 e. The zero-order chi connectivity index (χ0) is 54.5. The highest BCUT2D eigenvalue weighted by Gasteiger charge is 2.53. The maximum absolute atomic E-state index is 12.9. The molecule has 16 atom stereocenters. The van der Waals surface area contributed by atoms with Crippen LogP contribution in [0.1, 0.15) is 28.4 Å². The molecule has 4 heterocycles. The van der Waals surface area contributed by atoms with E-state index in [2.05, 4.69) is 0 Å². The summed E-state index contributed by atoms with van der Waals surface area (Å²) < 4.78 is 52.7.